The van der Waals surface area contributed by atoms with E-state index in [1.165, 1.54) is 0 Å². The summed E-state index contributed by atoms with van der Waals surface area (Å²) in [6.07, 6.45) is 1.68. The lowest BCUT2D eigenvalue weighted by molar-refractivity contribution is -0.121. The van der Waals surface area contributed by atoms with E-state index in [-0.39, 0.29) is 12.5 Å². The maximum atomic E-state index is 11.3. The summed E-state index contributed by atoms with van der Waals surface area (Å²) in [6.45, 7) is 0.899. The number of amides is 1. The fraction of sp³-hybridized carbons (Fsp3) is 0.400. The number of pyridine rings is 1. The largest absolute Gasteiger partial charge is 0.382 e. The molecular weight excluding hydrogens is 323 g/mol. The number of nitrogens with one attached hydrogen (secondary N) is 1. The third-order valence-corrected chi connectivity index (χ3v) is 2.30. The van der Waals surface area contributed by atoms with Crippen LogP contribution < -0.4 is 5.32 Å². The smallest absolute Gasteiger partial charge is 0.251 e. The Balaban J connectivity index is 2.26. The first kappa shape index (κ1) is 13.3. The second-order valence-corrected chi connectivity index (χ2v) is 4.20. The number of rotatable bonds is 6. The first-order valence-electron chi connectivity index (χ1n) is 4.70. The van der Waals surface area contributed by atoms with Crippen LogP contribution in [0.2, 0.25) is 0 Å². The lowest BCUT2D eigenvalue weighted by Crippen LogP contribution is -2.20. The van der Waals surface area contributed by atoms with Gasteiger partial charge in [0, 0.05) is 16.9 Å². The Morgan fingerprint density at radius 2 is 2.31 bits per heavy atom. The molecule has 0 atom stereocenters. The summed E-state index contributed by atoms with van der Waals surface area (Å²) in [5.74, 6) is 0.311. The number of nitrogens with zero attached hydrogens (tertiary/aromatic N) is 1. The van der Waals surface area contributed by atoms with Crippen LogP contribution in [0.1, 0.15) is 0 Å². The molecule has 1 amide bonds. The zero-order valence-corrected chi connectivity index (χ0v) is 11.1. The van der Waals surface area contributed by atoms with E-state index in [1.54, 1.807) is 19.4 Å². The Morgan fingerprint density at radius 3 is 2.94 bits per heavy atom. The number of methoxy groups -OCH3 is 1. The van der Waals surface area contributed by atoms with Crippen LogP contribution in [0.5, 0.6) is 0 Å². The Morgan fingerprint density at radius 1 is 1.50 bits per heavy atom. The predicted octanol–water partition coefficient (Wildman–Crippen LogP) is 1.29. The standard InChI is InChI=1S/C10H13IN2O3/c1-15-4-5-16-7-10(14)13-9-3-2-8(11)6-12-9/h2-3,6H,4-5,7H2,1H3,(H,12,13,14). The number of ether oxygens (including phenoxy) is 2. The van der Waals surface area contributed by atoms with Gasteiger partial charge in [0.2, 0.25) is 0 Å². The van der Waals surface area contributed by atoms with Crippen molar-refractivity contribution < 1.29 is 14.3 Å². The summed E-state index contributed by atoms with van der Waals surface area (Å²) < 4.78 is 10.9. The predicted molar refractivity (Wildman–Crippen MR) is 68.3 cm³/mol. The maximum Gasteiger partial charge on any atom is 0.251 e. The van der Waals surface area contributed by atoms with Crippen molar-refractivity contribution in [3.8, 4) is 0 Å². The van der Waals surface area contributed by atoms with Gasteiger partial charge in [0.15, 0.2) is 0 Å². The van der Waals surface area contributed by atoms with Crippen molar-refractivity contribution in [3.63, 3.8) is 0 Å². The van der Waals surface area contributed by atoms with Crippen LogP contribution >= 0.6 is 22.6 Å². The van der Waals surface area contributed by atoms with E-state index in [4.69, 9.17) is 9.47 Å². The van der Waals surface area contributed by atoms with E-state index in [9.17, 15) is 4.79 Å². The van der Waals surface area contributed by atoms with Gasteiger partial charge in [-0.15, -0.1) is 0 Å². The van der Waals surface area contributed by atoms with Crippen molar-refractivity contribution >= 4 is 34.3 Å². The van der Waals surface area contributed by atoms with Crippen LogP contribution in [-0.2, 0) is 14.3 Å². The monoisotopic (exact) mass is 336 g/mol. The van der Waals surface area contributed by atoms with Crippen LogP contribution in [-0.4, -0.2) is 37.8 Å². The highest BCUT2D eigenvalue weighted by molar-refractivity contribution is 14.1. The third-order valence-electron chi connectivity index (χ3n) is 1.66. The molecule has 1 rings (SSSR count). The summed E-state index contributed by atoms with van der Waals surface area (Å²) in [7, 11) is 1.58. The second kappa shape index (κ2) is 7.53. The van der Waals surface area contributed by atoms with Crippen LogP contribution in [0.4, 0.5) is 5.82 Å². The normalized spacial score (nSPS) is 10.1. The van der Waals surface area contributed by atoms with Gasteiger partial charge < -0.3 is 14.8 Å². The molecule has 6 heteroatoms. The zero-order chi connectivity index (χ0) is 11.8. The molecule has 0 aliphatic rings. The van der Waals surface area contributed by atoms with E-state index in [1.807, 2.05) is 6.07 Å². The van der Waals surface area contributed by atoms with E-state index in [2.05, 4.69) is 32.9 Å². The fourth-order valence-corrected chi connectivity index (χ4v) is 1.25. The molecule has 1 aromatic rings. The van der Waals surface area contributed by atoms with E-state index in [0.717, 1.165) is 3.57 Å². The highest BCUT2D eigenvalue weighted by atomic mass is 127. The average molecular weight is 336 g/mol. The molecule has 0 saturated carbocycles. The Hall–Kier alpha value is -0.730. The van der Waals surface area contributed by atoms with Gasteiger partial charge in [-0.2, -0.15) is 0 Å². The number of hydrogen-bond donors (Lipinski definition) is 1. The zero-order valence-electron chi connectivity index (χ0n) is 8.90. The van der Waals surface area contributed by atoms with Crippen LogP contribution in [0, 0.1) is 3.57 Å². The number of halogens is 1. The molecule has 16 heavy (non-hydrogen) atoms. The molecule has 1 aromatic heterocycles. The Bertz CT molecular complexity index is 329. The molecule has 0 spiro atoms. The van der Waals surface area contributed by atoms with Crippen molar-refractivity contribution in [3.05, 3.63) is 21.9 Å². The molecule has 0 aliphatic heterocycles. The highest BCUT2D eigenvalue weighted by Gasteiger charge is 2.02. The van der Waals surface area contributed by atoms with Gasteiger partial charge in [0.05, 0.1) is 13.2 Å². The second-order valence-electron chi connectivity index (χ2n) is 2.96. The molecule has 0 saturated heterocycles. The van der Waals surface area contributed by atoms with Gasteiger partial charge in [0.25, 0.3) is 5.91 Å². The fourth-order valence-electron chi connectivity index (χ4n) is 0.936. The quantitative estimate of drug-likeness (QED) is 0.628. The van der Waals surface area contributed by atoms with Crippen molar-refractivity contribution in [2.24, 2.45) is 0 Å². The Kier molecular flexibility index (Phi) is 6.27. The van der Waals surface area contributed by atoms with Gasteiger partial charge in [-0.3, -0.25) is 4.79 Å². The SMILES string of the molecule is COCCOCC(=O)Nc1ccc(I)cn1. The first-order chi connectivity index (χ1) is 7.72. The first-order valence-corrected chi connectivity index (χ1v) is 5.78. The number of carbonyl (C=O) groups is 1. The van der Waals surface area contributed by atoms with Gasteiger partial charge in [0.1, 0.15) is 12.4 Å². The maximum absolute atomic E-state index is 11.3. The minimum absolute atomic E-state index is 0.0109. The van der Waals surface area contributed by atoms with Crippen molar-refractivity contribution in [1.82, 2.24) is 4.98 Å². The van der Waals surface area contributed by atoms with Crippen molar-refractivity contribution in [2.45, 2.75) is 0 Å². The lowest BCUT2D eigenvalue weighted by Gasteiger charge is -2.05. The number of anilines is 1. The van der Waals surface area contributed by atoms with Crippen molar-refractivity contribution in [1.29, 1.82) is 0 Å². The van der Waals surface area contributed by atoms with Gasteiger partial charge in [-0.1, -0.05) is 0 Å². The molecule has 0 bridgehead atoms. The number of aromatic nitrogens is 1. The number of hydrogen-bond acceptors (Lipinski definition) is 4. The average Bonchev–Trinajstić information content (AvgIpc) is 2.28. The van der Waals surface area contributed by atoms with Gasteiger partial charge >= 0.3 is 0 Å². The summed E-state index contributed by atoms with van der Waals surface area (Å²) in [4.78, 5) is 15.4. The van der Waals surface area contributed by atoms with Gasteiger partial charge in [-0.05, 0) is 34.7 Å². The molecule has 88 valence electrons. The van der Waals surface area contributed by atoms with E-state index >= 15 is 0 Å². The van der Waals surface area contributed by atoms with Crippen molar-refractivity contribution in [2.75, 3.05) is 32.2 Å². The molecule has 0 aliphatic carbocycles. The third kappa shape index (κ3) is 5.38. The van der Waals surface area contributed by atoms with E-state index < -0.39 is 0 Å². The summed E-state index contributed by atoms with van der Waals surface area (Å²) in [6, 6.07) is 3.61. The molecule has 1 N–H and O–H groups in total. The minimum atomic E-state index is -0.218. The van der Waals surface area contributed by atoms with E-state index in [0.29, 0.717) is 19.0 Å². The number of carbonyl (C=O) groups excluding carboxylic acids is 1. The summed E-state index contributed by atoms with van der Waals surface area (Å²) in [5.41, 5.74) is 0. The molecule has 0 fully saturated rings. The van der Waals surface area contributed by atoms with Crippen LogP contribution in [0.25, 0.3) is 0 Å². The molecule has 0 aromatic carbocycles. The molecular formula is C10H13IN2O3. The molecule has 5 nitrogen and oxygen atoms in total. The van der Waals surface area contributed by atoms with Gasteiger partial charge in [-0.25, -0.2) is 4.98 Å². The van der Waals surface area contributed by atoms with Crippen LogP contribution in [0.15, 0.2) is 18.3 Å². The highest BCUT2D eigenvalue weighted by Crippen LogP contribution is 2.06. The topological polar surface area (TPSA) is 60.5 Å². The van der Waals surface area contributed by atoms with Crippen LogP contribution in [0.3, 0.4) is 0 Å². The minimum Gasteiger partial charge on any atom is -0.382 e. The molecule has 0 unspecified atom stereocenters. The summed E-state index contributed by atoms with van der Waals surface area (Å²) in [5, 5.41) is 2.63. The summed E-state index contributed by atoms with van der Waals surface area (Å²) >= 11 is 2.15. The lowest BCUT2D eigenvalue weighted by atomic mass is 10.4. The molecule has 1 heterocycles. The molecule has 0 radical (unpaired) electrons. The Labute approximate surface area is 108 Å².